The first-order valence-electron chi connectivity index (χ1n) is 10.9. The number of fused-ring (bicyclic) bond motifs is 1. The highest BCUT2D eigenvalue weighted by atomic mass is 35.5. The van der Waals surface area contributed by atoms with E-state index in [1.165, 1.54) is 13.4 Å². The second kappa shape index (κ2) is 10.7. The summed E-state index contributed by atoms with van der Waals surface area (Å²) in [6.07, 6.45) is 1.54. The van der Waals surface area contributed by atoms with Gasteiger partial charge in [-0.2, -0.15) is 0 Å². The van der Waals surface area contributed by atoms with Gasteiger partial charge in [0.15, 0.2) is 0 Å². The Morgan fingerprint density at radius 3 is 2.66 bits per heavy atom. The third-order valence-corrected chi connectivity index (χ3v) is 5.82. The lowest BCUT2D eigenvalue weighted by atomic mass is 9.91. The van der Waals surface area contributed by atoms with Crippen LogP contribution in [0.25, 0.3) is 10.9 Å². The maximum absolute atomic E-state index is 12.2. The van der Waals surface area contributed by atoms with Gasteiger partial charge >= 0.3 is 0 Å². The highest BCUT2D eigenvalue weighted by Crippen LogP contribution is 2.36. The van der Waals surface area contributed by atoms with Gasteiger partial charge in [0.05, 0.1) is 31.8 Å². The quantitative estimate of drug-likeness (QED) is 0.365. The van der Waals surface area contributed by atoms with E-state index >= 15 is 0 Å². The minimum Gasteiger partial charge on any atom is -0.496 e. The Kier molecular flexibility index (Phi) is 7.42. The number of hydrogen-bond acceptors (Lipinski definition) is 10. The molecule has 3 aromatic rings. The van der Waals surface area contributed by atoms with Crippen LogP contribution >= 0.6 is 11.6 Å². The summed E-state index contributed by atoms with van der Waals surface area (Å²) in [5.41, 5.74) is 12.0. The Hall–Kier alpha value is -3.77. The summed E-state index contributed by atoms with van der Waals surface area (Å²) in [6, 6.07) is 5.18. The normalized spacial score (nSPS) is 14.5. The van der Waals surface area contributed by atoms with Crippen molar-refractivity contribution in [3.8, 4) is 5.75 Å². The molecular formula is C22H25ClN8O4. The van der Waals surface area contributed by atoms with Crippen LogP contribution in [0.3, 0.4) is 0 Å². The number of benzene rings is 1. The summed E-state index contributed by atoms with van der Waals surface area (Å²) in [7, 11) is 1.48. The van der Waals surface area contributed by atoms with Gasteiger partial charge in [-0.05, 0) is 24.1 Å². The van der Waals surface area contributed by atoms with Crippen LogP contribution in [0.2, 0.25) is 5.28 Å². The van der Waals surface area contributed by atoms with Crippen molar-refractivity contribution < 1.29 is 19.1 Å². The fraction of sp³-hybridized carbons (Fsp3) is 0.364. The van der Waals surface area contributed by atoms with Gasteiger partial charge < -0.3 is 31.2 Å². The van der Waals surface area contributed by atoms with Crippen LogP contribution in [0.1, 0.15) is 24.3 Å². The van der Waals surface area contributed by atoms with Crippen molar-refractivity contribution in [2.45, 2.75) is 18.8 Å². The number of primary amides is 2. The van der Waals surface area contributed by atoms with Gasteiger partial charge in [0.2, 0.25) is 17.1 Å². The van der Waals surface area contributed by atoms with Crippen molar-refractivity contribution in [2.75, 3.05) is 43.6 Å². The molecule has 1 unspecified atom stereocenters. The minimum atomic E-state index is -0.795. The second-order valence-corrected chi connectivity index (χ2v) is 8.24. The van der Waals surface area contributed by atoms with Gasteiger partial charge in [0, 0.05) is 42.6 Å². The van der Waals surface area contributed by atoms with E-state index < -0.39 is 17.7 Å². The van der Waals surface area contributed by atoms with Crippen molar-refractivity contribution in [1.29, 1.82) is 0 Å². The zero-order valence-corrected chi connectivity index (χ0v) is 19.8. The SMILES string of the molecule is COc1cc2ncnc(Nc3cc(N4CCOCC4)nc(Cl)n3)c2cc1C(CCC(N)=O)C(N)=O. The lowest BCUT2D eigenvalue weighted by Gasteiger charge is -2.28. The van der Waals surface area contributed by atoms with Crippen molar-refractivity contribution in [3.63, 3.8) is 0 Å². The highest BCUT2D eigenvalue weighted by Gasteiger charge is 2.24. The van der Waals surface area contributed by atoms with Crippen molar-refractivity contribution in [3.05, 3.63) is 35.4 Å². The van der Waals surface area contributed by atoms with Crippen LogP contribution in [0.5, 0.6) is 5.75 Å². The molecule has 5 N–H and O–H groups in total. The molecule has 2 amide bonds. The molecule has 184 valence electrons. The number of carbonyl (C=O) groups is 2. The molecule has 0 spiro atoms. The highest BCUT2D eigenvalue weighted by molar-refractivity contribution is 6.28. The number of anilines is 3. The maximum atomic E-state index is 12.2. The molecule has 1 atom stereocenters. The van der Waals surface area contributed by atoms with Crippen molar-refractivity contribution >= 4 is 51.8 Å². The van der Waals surface area contributed by atoms with Crippen LogP contribution in [0, 0.1) is 0 Å². The molecule has 1 saturated heterocycles. The second-order valence-electron chi connectivity index (χ2n) is 7.90. The fourth-order valence-corrected chi connectivity index (χ4v) is 4.11. The predicted molar refractivity (Wildman–Crippen MR) is 130 cm³/mol. The number of morpholine rings is 1. The number of hydrogen-bond donors (Lipinski definition) is 3. The van der Waals surface area contributed by atoms with Gasteiger partial charge in [-0.3, -0.25) is 9.59 Å². The molecule has 13 heteroatoms. The number of halogens is 1. The minimum absolute atomic E-state index is 0.00501. The number of methoxy groups -OCH3 is 1. The van der Waals surface area contributed by atoms with E-state index in [2.05, 4.69) is 30.2 Å². The molecule has 2 aromatic heterocycles. The standard InChI is InChI=1S/C22H25ClN8O4/c1-34-16-9-15-14(8-13(16)12(20(25)33)2-3-17(24)32)21(27-11-26-15)28-18-10-19(30-22(23)29-18)31-4-6-35-7-5-31/h8-12H,2-7H2,1H3,(H2,24,32)(H2,25,33)(H,26,27,28,29,30). The Balaban J connectivity index is 1.73. The number of aromatic nitrogens is 4. The van der Waals surface area contributed by atoms with Gasteiger partial charge in [0.25, 0.3) is 0 Å². The largest absolute Gasteiger partial charge is 0.496 e. The molecule has 35 heavy (non-hydrogen) atoms. The predicted octanol–water partition coefficient (Wildman–Crippen LogP) is 1.50. The van der Waals surface area contributed by atoms with E-state index in [1.807, 2.05) is 0 Å². The summed E-state index contributed by atoms with van der Waals surface area (Å²) in [4.78, 5) is 42.9. The van der Waals surface area contributed by atoms with Gasteiger partial charge in [-0.1, -0.05) is 0 Å². The van der Waals surface area contributed by atoms with E-state index in [4.69, 9.17) is 32.5 Å². The monoisotopic (exact) mass is 500 g/mol. The Morgan fingerprint density at radius 2 is 1.97 bits per heavy atom. The third kappa shape index (κ3) is 5.66. The zero-order valence-electron chi connectivity index (χ0n) is 19.0. The molecule has 0 aliphatic carbocycles. The zero-order chi connectivity index (χ0) is 24.9. The summed E-state index contributed by atoms with van der Waals surface area (Å²) < 4.78 is 10.9. The first-order chi connectivity index (χ1) is 16.9. The summed E-state index contributed by atoms with van der Waals surface area (Å²) >= 11 is 6.20. The van der Waals surface area contributed by atoms with Crippen LogP contribution in [-0.4, -0.2) is 65.2 Å². The van der Waals surface area contributed by atoms with E-state index in [-0.39, 0.29) is 18.1 Å². The topological polar surface area (TPSA) is 171 Å². The molecule has 3 heterocycles. The number of ether oxygens (including phenoxy) is 2. The smallest absolute Gasteiger partial charge is 0.226 e. The molecule has 4 rings (SSSR count). The van der Waals surface area contributed by atoms with E-state index in [0.717, 1.165) is 0 Å². The average molecular weight is 501 g/mol. The average Bonchev–Trinajstić information content (AvgIpc) is 2.84. The molecular weight excluding hydrogens is 476 g/mol. The van der Waals surface area contributed by atoms with Crippen molar-refractivity contribution in [1.82, 2.24) is 19.9 Å². The van der Waals surface area contributed by atoms with E-state index in [1.54, 1.807) is 18.2 Å². The number of carbonyl (C=O) groups excluding carboxylic acids is 2. The number of nitrogens with zero attached hydrogens (tertiary/aromatic N) is 5. The first-order valence-corrected chi connectivity index (χ1v) is 11.3. The Morgan fingerprint density at radius 1 is 1.20 bits per heavy atom. The lowest BCUT2D eigenvalue weighted by Crippen LogP contribution is -2.36. The van der Waals surface area contributed by atoms with E-state index in [0.29, 0.717) is 66.0 Å². The first kappa shape index (κ1) is 24.4. The molecule has 0 bridgehead atoms. The van der Waals surface area contributed by atoms with Gasteiger partial charge in [-0.15, -0.1) is 0 Å². The summed E-state index contributed by atoms with van der Waals surface area (Å²) in [5, 5.41) is 3.85. The summed E-state index contributed by atoms with van der Waals surface area (Å²) in [6.45, 7) is 2.57. The molecule has 12 nitrogen and oxygen atoms in total. The number of rotatable bonds is 9. The number of nitrogens with one attached hydrogen (secondary N) is 1. The van der Waals surface area contributed by atoms with Gasteiger partial charge in [-0.25, -0.2) is 19.9 Å². The Bertz CT molecular complexity index is 1250. The van der Waals surface area contributed by atoms with E-state index in [9.17, 15) is 9.59 Å². The number of amides is 2. The Labute approximate surface area is 206 Å². The molecule has 0 radical (unpaired) electrons. The molecule has 1 aliphatic rings. The fourth-order valence-electron chi connectivity index (χ4n) is 3.93. The summed E-state index contributed by atoms with van der Waals surface area (Å²) in [5.74, 6) is 0.0124. The van der Waals surface area contributed by atoms with Crippen LogP contribution in [0.15, 0.2) is 24.5 Å². The molecule has 1 fully saturated rings. The van der Waals surface area contributed by atoms with Crippen LogP contribution in [-0.2, 0) is 14.3 Å². The lowest BCUT2D eigenvalue weighted by molar-refractivity contribution is -0.120. The molecule has 1 aliphatic heterocycles. The number of nitrogens with two attached hydrogens (primary N) is 2. The van der Waals surface area contributed by atoms with Crippen molar-refractivity contribution in [2.24, 2.45) is 11.5 Å². The van der Waals surface area contributed by atoms with Gasteiger partial charge in [0.1, 0.15) is 29.5 Å². The molecule has 1 aromatic carbocycles. The maximum Gasteiger partial charge on any atom is 0.226 e. The van der Waals surface area contributed by atoms with Crippen LogP contribution < -0.4 is 26.4 Å². The van der Waals surface area contributed by atoms with Crippen LogP contribution in [0.4, 0.5) is 17.5 Å². The molecule has 0 saturated carbocycles. The third-order valence-electron chi connectivity index (χ3n) is 5.65.